The highest BCUT2D eigenvalue weighted by molar-refractivity contribution is 9.10. The van der Waals surface area contributed by atoms with E-state index in [0.717, 1.165) is 5.57 Å². The van der Waals surface area contributed by atoms with Crippen LogP contribution in [0.25, 0.3) is 0 Å². The van der Waals surface area contributed by atoms with E-state index >= 15 is 0 Å². The smallest absolute Gasteiger partial charge is 0.193 e. The molecule has 0 heterocycles. The Morgan fingerprint density at radius 2 is 1.90 bits per heavy atom. The Morgan fingerprint density at radius 3 is 2.55 bits per heavy atom. The lowest BCUT2D eigenvalue weighted by Gasteiger charge is -2.34. The van der Waals surface area contributed by atoms with Gasteiger partial charge in [0.15, 0.2) is 5.78 Å². The summed E-state index contributed by atoms with van der Waals surface area (Å²) in [6.45, 7) is 5.68. The summed E-state index contributed by atoms with van der Waals surface area (Å²) in [7, 11) is 3.15. The Hall–Kier alpha value is -2.44. The maximum absolute atomic E-state index is 14.1. The van der Waals surface area contributed by atoms with Crippen LogP contribution in [0.1, 0.15) is 35.3 Å². The highest BCUT2D eigenvalue weighted by Crippen LogP contribution is 2.43. The summed E-state index contributed by atoms with van der Waals surface area (Å²) >= 11 is 3.61. The molecule has 164 valence electrons. The number of allylic oxidation sites excluding steroid dienone is 2. The SMILES string of the molecule is COc1cc(C)c(C(=O)C2=C(C)C=CC(Br)(OC)C2C)c(OCc2ccccc2F)c1. The number of carbonyl (C=O) groups excluding carboxylic acids is 1. The topological polar surface area (TPSA) is 44.8 Å². The zero-order chi connectivity index (χ0) is 22.8. The minimum absolute atomic E-state index is 0.00645. The van der Waals surface area contributed by atoms with E-state index in [2.05, 4.69) is 15.9 Å². The average molecular weight is 489 g/mol. The van der Waals surface area contributed by atoms with Crippen molar-refractivity contribution in [3.8, 4) is 11.5 Å². The molecule has 0 aliphatic heterocycles. The van der Waals surface area contributed by atoms with Crippen molar-refractivity contribution in [2.24, 2.45) is 5.92 Å². The van der Waals surface area contributed by atoms with Crippen molar-refractivity contribution in [1.82, 2.24) is 0 Å². The van der Waals surface area contributed by atoms with Gasteiger partial charge < -0.3 is 14.2 Å². The number of ether oxygens (including phenoxy) is 3. The number of Topliss-reactive ketones (excluding diaryl/α,β-unsaturated/α-hetero) is 1. The van der Waals surface area contributed by atoms with E-state index < -0.39 is 4.51 Å². The first-order chi connectivity index (χ1) is 14.7. The Balaban J connectivity index is 2.05. The third-order valence-corrected chi connectivity index (χ3v) is 6.92. The van der Waals surface area contributed by atoms with Gasteiger partial charge in [0.1, 0.15) is 28.4 Å². The second-order valence-corrected chi connectivity index (χ2v) is 8.82. The number of benzene rings is 2. The van der Waals surface area contributed by atoms with Gasteiger partial charge in [0.2, 0.25) is 0 Å². The van der Waals surface area contributed by atoms with Gasteiger partial charge in [0.25, 0.3) is 0 Å². The van der Waals surface area contributed by atoms with E-state index in [1.165, 1.54) is 6.07 Å². The van der Waals surface area contributed by atoms with Crippen LogP contribution in [0, 0.1) is 18.7 Å². The molecule has 6 heteroatoms. The summed E-state index contributed by atoms with van der Waals surface area (Å²) in [5.41, 5.74) is 3.04. The van der Waals surface area contributed by atoms with Crippen LogP contribution in [0.15, 0.2) is 59.7 Å². The molecule has 0 amide bonds. The third-order valence-electron chi connectivity index (χ3n) is 5.64. The molecule has 0 saturated carbocycles. The average Bonchev–Trinajstić information content (AvgIpc) is 2.75. The minimum Gasteiger partial charge on any atom is -0.497 e. The van der Waals surface area contributed by atoms with Gasteiger partial charge in [-0.1, -0.05) is 31.2 Å². The van der Waals surface area contributed by atoms with E-state index in [-0.39, 0.29) is 24.1 Å². The summed E-state index contributed by atoms with van der Waals surface area (Å²) in [6, 6.07) is 9.86. The molecule has 1 aliphatic carbocycles. The molecule has 4 nitrogen and oxygen atoms in total. The molecule has 0 N–H and O–H groups in total. The fraction of sp³-hybridized carbons (Fsp3) is 0.320. The van der Waals surface area contributed by atoms with E-state index in [4.69, 9.17) is 14.2 Å². The minimum atomic E-state index is -0.772. The van der Waals surface area contributed by atoms with Crippen molar-refractivity contribution >= 4 is 21.7 Å². The molecule has 31 heavy (non-hydrogen) atoms. The molecule has 0 radical (unpaired) electrons. The number of hydrogen-bond donors (Lipinski definition) is 0. The fourth-order valence-corrected chi connectivity index (χ4v) is 4.14. The predicted molar refractivity (Wildman–Crippen MR) is 122 cm³/mol. The van der Waals surface area contributed by atoms with Gasteiger partial charge in [-0.25, -0.2) is 4.39 Å². The maximum Gasteiger partial charge on any atom is 0.193 e. The van der Waals surface area contributed by atoms with Gasteiger partial charge in [0.05, 0.1) is 12.7 Å². The van der Waals surface area contributed by atoms with Crippen LogP contribution < -0.4 is 9.47 Å². The van der Waals surface area contributed by atoms with Crippen molar-refractivity contribution < 1.29 is 23.4 Å². The van der Waals surface area contributed by atoms with Crippen LogP contribution in [-0.4, -0.2) is 24.5 Å². The summed E-state index contributed by atoms with van der Waals surface area (Å²) in [4.78, 5) is 13.8. The highest BCUT2D eigenvalue weighted by atomic mass is 79.9. The lowest BCUT2D eigenvalue weighted by atomic mass is 9.81. The van der Waals surface area contributed by atoms with E-state index in [1.807, 2.05) is 32.9 Å². The van der Waals surface area contributed by atoms with Crippen molar-refractivity contribution in [2.75, 3.05) is 14.2 Å². The summed E-state index contributed by atoms with van der Waals surface area (Å²) < 4.78 is 30.3. The van der Waals surface area contributed by atoms with Crippen molar-refractivity contribution in [3.63, 3.8) is 0 Å². The Kier molecular flexibility index (Phi) is 7.02. The third kappa shape index (κ3) is 4.60. The van der Waals surface area contributed by atoms with Crippen LogP contribution in [0.2, 0.25) is 0 Å². The molecule has 2 aromatic carbocycles. The van der Waals surface area contributed by atoms with E-state index in [0.29, 0.717) is 33.8 Å². The van der Waals surface area contributed by atoms with E-state index in [1.54, 1.807) is 44.6 Å². The number of alkyl halides is 1. The summed E-state index contributed by atoms with van der Waals surface area (Å²) in [6.07, 6.45) is 3.78. The van der Waals surface area contributed by atoms with Gasteiger partial charge in [-0.15, -0.1) is 0 Å². The van der Waals surface area contributed by atoms with Crippen LogP contribution >= 0.6 is 15.9 Å². The lowest BCUT2D eigenvalue weighted by Crippen LogP contribution is -2.36. The van der Waals surface area contributed by atoms with Gasteiger partial charge in [-0.2, -0.15) is 0 Å². The molecular weight excluding hydrogens is 463 g/mol. The van der Waals surface area contributed by atoms with Gasteiger partial charge in [0, 0.05) is 30.2 Å². The highest BCUT2D eigenvalue weighted by Gasteiger charge is 2.40. The quantitative estimate of drug-likeness (QED) is 0.345. The molecule has 0 spiro atoms. The molecule has 0 saturated heterocycles. The summed E-state index contributed by atoms with van der Waals surface area (Å²) in [5, 5.41) is 0. The number of aryl methyl sites for hydroxylation is 1. The van der Waals surface area contributed by atoms with Gasteiger partial charge in [-0.3, -0.25) is 4.79 Å². The molecule has 1 aliphatic rings. The molecule has 2 unspecified atom stereocenters. The van der Waals surface area contributed by atoms with Crippen LogP contribution in [-0.2, 0) is 11.3 Å². The predicted octanol–water partition coefficient (Wildman–Crippen LogP) is 6.16. The Morgan fingerprint density at radius 1 is 1.19 bits per heavy atom. The number of methoxy groups -OCH3 is 2. The standard InChI is InChI=1S/C25H26BrFO4/c1-15-10-11-25(26,30-5)17(3)22(15)24(28)23-16(2)12-19(29-4)13-21(23)31-14-18-8-6-7-9-20(18)27/h6-13,17H,14H2,1-5H3. The zero-order valence-electron chi connectivity index (χ0n) is 18.3. The fourth-order valence-electron chi connectivity index (χ4n) is 3.78. The van der Waals surface area contributed by atoms with Crippen molar-refractivity contribution in [3.05, 3.63) is 82.2 Å². The van der Waals surface area contributed by atoms with Crippen LogP contribution in [0.5, 0.6) is 11.5 Å². The molecule has 0 aromatic heterocycles. The molecule has 2 atom stereocenters. The normalized spacial score (nSPS) is 20.7. The van der Waals surface area contributed by atoms with Crippen LogP contribution in [0.3, 0.4) is 0 Å². The zero-order valence-corrected chi connectivity index (χ0v) is 19.9. The molecular formula is C25H26BrFO4. The second kappa shape index (κ2) is 9.37. The van der Waals surface area contributed by atoms with Gasteiger partial charge >= 0.3 is 0 Å². The Labute approximate surface area is 190 Å². The Bertz CT molecular complexity index is 1060. The molecule has 3 rings (SSSR count). The monoisotopic (exact) mass is 488 g/mol. The molecule has 0 bridgehead atoms. The first-order valence-electron chi connectivity index (χ1n) is 9.95. The van der Waals surface area contributed by atoms with Crippen LogP contribution in [0.4, 0.5) is 4.39 Å². The molecule has 2 aromatic rings. The number of carbonyl (C=O) groups is 1. The number of halogens is 2. The molecule has 0 fully saturated rings. The summed E-state index contributed by atoms with van der Waals surface area (Å²) in [5.74, 6) is 0.162. The number of ketones is 1. The second-order valence-electron chi connectivity index (χ2n) is 7.58. The lowest BCUT2D eigenvalue weighted by molar-refractivity contribution is 0.0762. The maximum atomic E-state index is 14.1. The first kappa shape index (κ1) is 23.2. The van der Waals surface area contributed by atoms with Gasteiger partial charge in [-0.05, 0) is 59.1 Å². The number of rotatable bonds is 7. The van der Waals surface area contributed by atoms with E-state index in [9.17, 15) is 9.18 Å². The first-order valence-corrected chi connectivity index (χ1v) is 10.7. The van der Waals surface area contributed by atoms with Crippen molar-refractivity contribution in [1.29, 1.82) is 0 Å². The number of hydrogen-bond acceptors (Lipinski definition) is 4. The van der Waals surface area contributed by atoms with Crippen molar-refractivity contribution in [2.45, 2.75) is 31.9 Å². The largest absolute Gasteiger partial charge is 0.497 e.